The summed E-state index contributed by atoms with van der Waals surface area (Å²) in [5.41, 5.74) is 0. The van der Waals surface area contributed by atoms with Gasteiger partial charge in [-0.05, 0) is 18.9 Å². The lowest BCUT2D eigenvalue weighted by Crippen LogP contribution is -2.28. The fraction of sp³-hybridized carbons (Fsp3) is 0.857. The summed E-state index contributed by atoms with van der Waals surface area (Å²) in [6, 6.07) is 0. The number of fused-ring (bicyclic) bond motifs is 2. The molecule has 2 rings (SSSR count). The molecule has 0 aromatic heterocycles. The van der Waals surface area contributed by atoms with Gasteiger partial charge in [-0.2, -0.15) is 0 Å². The van der Waals surface area contributed by atoms with Crippen LogP contribution in [0, 0.1) is 11.8 Å². The van der Waals surface area contributed by atoms with E-state index >= 15 is 0 Å². The summed E-state index contributed by atoms with van der Waals surface area (Å²) in [7, 11) is 0. The maximum atomic E-state index is 10.6. The van der Waals surface area contributed by atoms with Gasteiger partial charge in [-0.3, -0.25) is 4.79 Å². The molecule has 64 valence electrons. The van der Waals surface area contributed by atoms with Crippen LogP contribution in [0.5, 0.6) is 0 Å². The normalized spacial score (nSPS) is 40.2. The van der Waals surface area contributed by atoms with E-state index in [1.807, 2.05) is 0 Å². The first-order valence-electron chi connectivity index (χ1n) is 3.72. The Kier molecular flexibility index (Phi) is 2.40. The highest BCUT2D eigenvalue weighted by Gasteiger charge is 2.41. The van der Waals surface area contributed by atoms with E-state index in [1.165, 1.54) is 0 Å². The van der Waals surface area contributed by atoms with Crippen LogP contribution in [-0.2, 0) is 4.79 Å². The van der Waals surface area contributed by atoms with E-state index in [2.05, 4.69) is 4.90 Å². The highest BCUT2D eigenvalue weighted by atomic mass is 35.5. The first-order chi connectivity index (χ1) is 4.77. The van der Waals surface area contributed by atoms with Crippen LogP contribution in [0.25, 0.3) is 0 Å². The third-order valence-electron chi connectivity index (χ3n) is 2.65. The van der Waals surface area contributed by atoms with Crippen LogP contribution in [0.2, 0.25) is 0 Å². The molecule has 3 nitrogen and oxygen atoms in total. The predicted molar refractivity (Wildman–Crippen MR) is 42.9 cm³/mol. The van der Waals surface area contributed by atoms with Crippen molar-refractivity contribution in [3.8, 4) is 0 Å². The molecule has 0 radical (unpaired) electrons. The van der Waals surface area contributed by atoms with Gasteiger partial charge in [-0.1, -0.05) is 0 Å². The highest BCUT2D eigenvalue weighted by Crippen LogP contribution is 2.32. The Balaban J connectivity index is 0.000000605. The van der Waals surface area contributed by atoms with Gasteiger partial charge < -0.3 is 10.0 Å². The number of piperidine rings is 1. The minimum Gasteiger partial charge on any atom is -0.481 e. The van der Waals surface area contributed by atoms with Crippen LogP contribution in [0.4, 0.5) is 0 Å². The number of hydrogen-bond donors (Lipinski definition) is 1. The van der Waals surface area contributed by atoms with Crippen molar-refractivity contribution in [2.45, 2.75) is 6.42 Å². The van der Waals surface area contributed by atoms with E-state index < -0.39 is 5.97 Å². The van der Waals surface area contributed by atoms with Gasteiger partial charge in [-0.15, -0.1) is 12.4 Å². The predicted octanol–water partition coefficient (Wildman–Crippen LogP) is 0.444. The van der Waals surface area contributed by atoms with E-state index in [9.17, 15) is 4.79 Å². The molecule has 0 aliphatic carbocycles. The van der Waals surface area contributed by atoms with Crippen LogP contribution in [0.3, 0.4) is 0 Å². The molecule has 2 bridgehead atoms. The van der Waals surface area contributed by atoms with Gasteiger partial charge in [0.05, 0.1) is 5.92 Å². The van der Waals surface area contributed by atoms with Crippen LogP contribution in [0.15, 0.2) is 0 Å². The maximum Gasteiger partial charge on any atom is 0.308 e. The van der Waals surface area contributed by atoms with E-state index in [1.54, 1.807) is 0 Å². The van der Waals surface area contributed by atoms with Crippen LogP contribution < -0.4 is 0 Å². The second-order valence-corrected chi connectivity index (χ2v) is 3.25. The average Bonchev–Trinajstić information content (AvgIpc) is 2.44. The molecule has 0 saturated carbocycles. The summed E-state index contributed by atoms with van der Waals surface area (Å²) in [5, 5.41) is 8.71. The third-order valence-corrected chi connectivity index (χ3v) is 2.65. The Bertz CT molecular complexity index is 174. The molecule has 0 aromatic carbocycles. The summed E-state index contributed by atoms with van der Waals surface area (Å²) in [6.45, 7) is 2.94. The lowest BCUT2D eigenvalue weighted by Gasteiger charge is -2.17. The van der Waals surface area contributed by atoms with Crippen molar-refractivity contribution >= 4 is 18.4 Å². The Labute approximate surface area is 71.8 Å². The maximum absolute atomic E-state index is 10.6. The number of hydrogen-bond acceptors (Lipinski definition) is 2. The van der Waals surface area contributed by atoms with E-state index in [-0.39, 0.29) is 18.3 Å². The molecule has 0 aromatic rings. The molecule has 3 atom stereocenters. The zero-order chi connectivity index (χ0) is 7.14. The molecule has 1 unspecified atom stereocenters. The third kappa shape index (κ3) is 1.35. The largest absolute Gasteiger partial charge is 0.481 e. The number of carbonyl (C=O) groups is 1. The van der Waals surface area contributed by atoms with Gasteiger partial charge in [0.2, 0.25) is 0 Å². The van der Waals surface area contributed by atoms with Crippen molar-refractivity contribution in [2.24, 2.45) is 11.8 Å². The molecule has 2 heterocycles. The van der Waals surface area contributed by atoms with Gasteiger partial charge in [0.15, 0.2) is 0 Å². The van der Waals surface area contributed by atoms with Gasteiger partial charge >= 0.3 is 5.97 Å². The second-order valence-electron chi connectivity index (χ2n) is 3.25. The van der Waals surface area contributed by atoms with Crippen molar-refractivity contribution in [2.75, 3.05) is 19.6 Å². The monoisotopic (exact) mass is 177 g/mol. The fourth-order valence-electron chi connectivity index (χ4n) is 2.06. The lowest BCUT2D eigenvalue weighted by atomic mass is 9.93. The number of nitrogens with zero attached hydrogens (tertiary/aromatic N) is 1. The van der Waals surface area contributed by atoms with Gasteiger partial charge in [0, 0.05) is 13.1 Å². The molecule has 1 N–H and O–H groups in total. The number of carboxylic acids is 1. The molecule has 2 aliphatic heterocycles. The van der Waals surface area contributed by atoms with Crippen molar-refractivity contribution in [1.29, 1.82) is 0 Å². The Morgan fingerprint density at radius 2 is 2.18 bits per heavy atom. The first kappa shape index (κ1) is 8.81. The quantitative estimate of drug-likeness (QED) is 0.632. The average molecular weight is 178 g/mol. The fourth-order valence-corrected chi connectivity index (χ4v) is 2.06. The first-order valence-corrected chi connectivity index (χ1v) is 3.72. The minimum absolute atomic E-state index is 0. The number of carboxylic acid groups (broad SMARTS) is 1. The zero-order valence-corrected chi connectivity index (χ0v) is 7.01. The molecule has 4 heteroatoms. The number of halogens is 1. The SMILES string of the molecule is Cl.O=C(O)[C@H]1CN2CC[C@H]1C2. The van der Waals surface area contributed by atoms with Crippen LogP contribution in [0.1, 0.15) is 6.42 Å². The molecule has 2 aliphatic rings. The van der Waals surface area contributed by atoms with Crippen molar-refractivity contribution in [1.82, 2.24) is 4.90 Å². The molecule has 2 saturated heterocycles. The molecule has 11 heavy (non-hydrogen) atoms. The highest BCUT2D eigenvalue weighted by molar-refractivity contribution is 5.85. The van der Waals surface area contributed by atoms with Crippen molar-refractivity contribution in [3.63, 3.8) is 0 Å². The van der Waals surface area contributed by atoms with Gasteiger partial charge in [0.1, 0.15) is 0 Å². The summed E-state index contributed by atoms with van der Waals surface area (Å²) in [6.07, 6.45) is 1.09. The number of aliphatic carboxylic acids is 1. The molecular formula is C7H12ClNO2. The Hall–Kier alpha value is -0.280. The van der Waals surface area contributed by atoms with E-state index in [0.29, 0.717) is 5.92 Å². The van der Waals surface area contributed by atoms with Gasteiger partial charge in [0.25, 0.3) is 0 Å². The molecular weight excluding hydrogens is 166 g/mol. The van der Waals surface area contributed by atoms with Gasteiger partial charge in [-0.25, -0.2) is 0 Å². The summed E-state index contributed by atoms with van der Waals surface area (Å²) < 4.78 is 0. The standard InChI is InChI=1S/C7H11NO2.ClH/c9-7(10)6-4-8-2-1-5(6)3-8;/h5-6H,1-4H2,(H,9,10);1H/t5-,6-;/m0./s1. The smallest absolute Gasteiger partial charge is 0.308 e. The Morgan fingerprint density at radius 1 is 1.45 bits per heavy atom. The van der Waals surface area contributed by atoms with Crippen LogP contribution >= 0.6 is 12.4 Å². The summed E-state index contributed by atoms with van der Waals surface area (Å²) in [4.78, 5) is 12.8. The number of rotatable bonds is 1. The second kappa shape index (κ2) is 2.99. The minimum atomic E-state index is -0.604. The lowest BCUT2D eigenvalue weighted by molar-refractivity contribution is -0.143. The van der Waals surface area contributed by atoms with Crippen molar-refractivity contribution in [3.05, 3.63) is 0 Å². The summed E-state index contributed by atoms with van der Waals surface area (Å²) in [5.74, 6) is -0.210. The molecule has 2 fully saturated rings. The van der Waals surface area contributed by atoms with Crippen LogP contribution in [-0.4, -0.2) is 35.6 Å². The van der Waals surface area contributed by atoms with E-state index in [4.69, 9.17) is 5.11 Å². The Morgan fingerprint density at radius 3 is 2.45 bits per heavy atom. The van der Waals surface area contributed by atoms with Crippen molar-refractivity contribution < 1.29 is 9.90 Å². The zero-order valence-electron chi connectivity index (χ0n) is 6.19. The topological polar surface area (TPSA) is 40.5 Å². The molecule has 0 amide bonds. The van der Waals surface area contributed by atoms with E-state index in [0.717, 1.165) is 26.1 Å². The summed E-state index contributed by atoms with van der Waals surface area (Å²) >= 11 is 0. The molecule has 0 spiro atoms.